The van der Waals surface area contributed by atoms with Gasteiger partial charge in [-0.05, 0) is 44.3 Å². The van der Waals surface area contributed by atoms with Crippen LogP contribution in [0.5, 0.6) is 5.75 Å². The van der Waals surface area contributed by atoms with E-state index in [1.54, 1.807) is 32.0 Å². The highest BCUT2D eigenvalue weighted by molar-refractivity contribution is 7.80. The molecule has 0 aromatic heterocycles. The van der Waals surface area contributed by atoms with Gasteiger partial charge in [0, 0.05) is 0 Å². The van der Waals surface area contributed by atoms with Crippen LogP contribution < -0.4 is 20.3 Å². The van der Waals surface area contributed by atoms with Crippen molar-refractivity contribution in [3.8, 4) is 5.75 Å². The van der Waals surface area contributed by atoms with Crippen LogP contribution in [0.15, 0.2) is 18.2 Å². The molecule has 1 aromatic carbocycles. The number of nitrogens with zero attached hydrogens (tertiary/aromatic N) is 1. The van der Waals surface area contributed by atoms with Crippen molar-refractivity contribution in [3.05, 3.63) is 18.2 Å². The van der Waals surface area contributed by atoms with Gasteiger partial charge in [0.25, 0.3) is 11.8 Å². The van der Waals surface area contributed by atoms with Crippen molar-refractivity contribution >= 4 is 40.5 Å². The number of carbonyl (C=O) groups excluding carboxylic acids is 2. The number of fused-ring (bicyclic) bond motifs is 1. The van der Waals surface area contributed by atoms with Gasteiger partial charge in [0.15, 0.2) is 11.2 Å². The van der Waals surface area contributed by atoms with Crippen molar-refractivity contribution in [3.63, 3.8) is 0 Å². The van der Waals surface area contributed by atoms with E-state index >= 15 is 0 Å². The highest BCUT2D eigenvalue weighted by Crippen LogP contribution is 2.34. The Hall–Kier alpha value is -2.15. The molecule has 2 amide bonds. The largest absolute Gasteiger partial charge is 0.479 e. The molecule has 104 valence electrons. The summed E-state index contributed by atoms with van der Waals surface area (Å²) in [7, 11) is 0. The number of thiocarbonyl (C=S) groups is 1. The Morgan fingerprint density at radius 1 is 1.30 bits per heavy atom. The van der Waals surface area contributed by atoms with Crippen LogP contribution in [0.3, 0.4) is 0 Å². The Kier molecular flexibility index (Phi) is 2.86. The van der Waals surface area contributed by atoms with Gasteiger partial charge in [-0.15, -0.1) is 0 Å². The number of anilines is 2. The summed E-state index contributed by atoms with van der Waals surface area (Å²) in [6, 6.07) is 4.81. The molecule has 2 N–H and O–H groups in total. The molecule has 0 aliphatic carbocycles. The van der Waals surface area contributed by atoms with Crippen molar-refractivity contribution in [2.45, 2.75) is 26.0 Å². The molecule has 0 spiro atoms. The van der Waals surface area contributed by atoms with Gasteiger partial charge >= 0.3 is 0 Å². The fraction of sp³-hybridized carbons (Fsp3) is 0.308. The van der Waals surface area contributed by atoms with Crippen molar-refractivity contribution in [1.82, 2.24) is 5.32 Å². The second kappa shape index (κ2) is 4.45. The first-order valence-corrected chi connectivity index (χ1v) is 6.64. The van der Waals surface area contributed by atoms with E-state index in [1.807, 2.05) is 0 Å². The molecule has 2 aliphatic rings. The highest BCUT2D eigenvalue weighted by Gasteiger charge is 2.34. The maximum Gasteiger partial charge on any atom is 0.265 e. The van der Waals surface area contributed by atoms with Gasteiger partial charge in [0.2, 0.25) is 0 Å². The lowest BCUT2D eigenvalue weighted by molar-refractivity contribution is -0.122. The molecule has 2 atom stereocenters. The fourth-order valence-electron chi connectivity index (χ4n) is 2.19. The predicted octanol–water partition coefficient (Wildman–Crippen LogP) is 1.02. The Morgan fingerprint density at radius 2 is 2.05 bits per heavy atom. The number of amides is 2. The van der Waals surface area contributed by atoms with E-state index < -0.39 is 6.10 Å². The smallest absolute Gasteiger partial charge is 0.265 e. The van der Waals surface area contributed by atoms with Crippen LogP contribution >= 0.6 is 12.2 Å². The van der Waals surface area contributed by atoms with Crippen LogP contribution in [0.1, 0.15) is 13.8 Å². The Morgan fingerprint density at radius 3 is 2.70 bits per heavy atom. The minimum Gasteiger partial charge on any atom is -0.479 e. The van der Waals surface area contributed by atoms with Crippen LogP contribution in [0.4, 0.5) is 11.4 Å². The normalized spacial score (nSPS) is 24.9. The number of hydrogen-bond donors (Lipinski definition) is 2. The zero-order chi connectivity index (χ0) is 14.4. The van der Waals surface area contributed by atoms with Crippen molar-refractivity contribution in [1.29, 1.82) is 0 Å². The topological polar surface area (TPSA) is 70.7 Å². The number of hydrogen-bond acceptors (Lipinski definition) is 4. The third-order valence-electron chi connectivity index (χ3n) is 3.29. The lowest BCUT2D eigenvalue weighted by atomic mass is 10.2. The first-order valence-electron chi connectivity index (χ1n) is 6.23. The summed E-state index contributed by atoms with van der Waals surface area (Å²) >= 11 is 5.15. The van der Waals surface area contributed by atoms with Gasteiger partial charge in [0.1, 0.15) is 11.8 Å². The summed E-state index contributed by atoms with van der Waals surface area (Å²) in [5.74, 6) is 0.252. The summed E-state index contributed by atoms with van der Waals surface area (Å²) in [6.45, 7) is 3.43. The van der Waals surface area contributed by atoms with Gasteiger partial charge in [-0.2, -0.15) is 0 Å². The monoisotopic (exact) mass is 291 g/mol. The number of rotatable bonds is 1. The van der Waals surface area contributed by atoms with E-state index in [9.17, 15) is 9.59 Å². The van der Waals surface area contributed by atoms with Crippen molar-refractivity contribution in [2.24, 2.45) is 0 Å². The summed E-state index contributed by atoms with van der Waals surface area (Å²) in [5, 5.41) is 6.01. The van der Waals surface area contributed by atoms with Crippen LogP contribution in [0.2, 0.25) is 0 Å². The highest BCUT2D eigenvalue weighted by atomic mass is 32.1. The number of benzene rings is 1. The maximum atomic E-state index is 12.1. The van der Waals surface area contributed by atoms with E-state index in [4.69, 9.17) is 17.0 Å². The summed E-state index contributed by atoms with van der Waals surface area (Å²) in [5.41, 5.74) is 1.15. The van der Waals surface area contributed by atoms with E-state index in [-0.39, 0.29) is 17.9 Å². The average Bonchev–Trinajstić information content (AvgIpc) is 2.64. The first kappa shape index (κ1) is 12.9. The summed E-state index contributed by atoms with van der Waals surface area (Å²) < 4.78 is 5.47. The molecular weight excluding hydrogens is 278 g/mol. The Labute approximate surface area is 121 Å². The third-order valence-corrected chi connectivity index (χ3v) is 3.59. The van der Waals surface area contributed by atoms with E-state index in [2.05, 4.69) is 10.6 Å². The molecule has 2 heterocycles. The van der Waals surface area contributed by atoms with Gasteiger partial charge in [-0.1, -0.05) is 0 Å². The molecule has 0 unspecified atom stereocenters. The van der Waals surface area contributed by atoms with Crippen LogP contribution in [-0.2, 0) is 9.59 Å². The van der Waals surface area contributed by atoms with Crippen LogP contribution in [0, 0.1) is 0 Å². The first-order chi connectivity index (χ1) is 9.47. The minimum atomic E-state index is -0.524. The fourth-order valence-corrected chi connectivity index (χ4v) is 2.56. The zero-order valence-corrected chi connectivity index (χ0v) is 11.8. The molecular formula is C13H13N3O3S. The molecule has 2 aliphatic heterocycles. The zero-order valence-electron chi connectivity index (χ0n) is 11.0. The van der Waals surface area contributed by atoms with Crippen molar-refractivity contribution in [2.75, 3.05) is 10.2 Å². The molecule has 0 radical (unpaired) electrons. The van der Waals surface area contributed by atoms with Gasteiger partial charge in [-0.25, -0.2) is 0 Å². The van der Waals surface area contributed by atoms with E-state index in [0.717, 1.165) is 0 Å². The van der Waals surface area contributed by atoms with Crippen molar-refractivity contribution < 1.29 is 14.3 Å². The maximum absolute atomic E-state index is 12.1. The lowest BCUT2D eigenvalue weighted by Crippen LogP contribution is -2.35. The van der Waals surface area contributed by atoms with E-state index in [0.29, 0.717) is 22.2 Å². The molecule has 3 rings (SSSR count). The van der Waals surface area contributed by atoms with Crippen LogP contribution in [-0.4, -0.2) is 29.1 Å². The molecule has 6 nitrogen and oxygen atoms in total. The summed E-state index contributed by atoms with van der Waals surface area (Å²) in [4.78, 5) is 25.1. The quantitative estimate of drug-likeness (QED) is 0.756. The molecule has 1 fully saturated rings. The molecule has 1 aromatic rings. The third kappa shape index (κ3) is 1.90. The van der Waals surface area contributed by atoms with Gasteiger partial charge in [-0.3, -0.25) is 14.5 Å². The second-order valence-corrected chi connectivity index (χ2v) is 5.16. The SMILES string of the molecule is C[C@H]1NC(=S)N(c2ccc3c(c2)NC(=O)[C@@H](C)O3)C1=O. The average molecular weight is 291 g/mol. The minimum absolute atomic E-state index is 0.119. The summed E-state index contributed by atoms with van der Waals surface area (Å²) in [6.07, 6.45) is -0.524. The van der Waals surface area contributed by atoms with E-state index in [1.165, 1.54) is 4.90 Å². The standard InChI is InChI=1S/C13H13N3O3S/c1-6-12(18)16(13(20)14-6)8-3-4-10-9(5-8)15-11(17)7(2)19-10/h3-7H,1-2H3,(H,14,20)(H,15,17)/t6-,7-/m1/s1. The number of nitrogens with one attached hydrogen (secondary N) is 2. The molecule has 7 heteroatoms. The Bertz CT molecular complexity index is 631. The van der Waals surface area contributed by atoms with Gasteiger partial charge < -0.3 is 15.4 Å². The van der Waals surface area contributed by atoms with Crippen LogP contribution in [0.25, 0.3) is 0 Å². The predicted molar refractivity (Wildman–Crippen MR) is 77.8 cm³/mol. The molecule has 1 saturated heterocycles. The number of carbonyl (C=O) groups is 2. The molecule has 0 bridgehead atoms. The molecule has 0 saturated carbocycles. The van der Waals surface area contributed by atoms with Gasteiger partial charge in [0.05, 0.1) is 11.4 Å². The lowest BCUT2D eigenvalue weighted by Gasteiger charge is -2.25. The Balaban J connectivity index is 1.97. The number of ether oxygens (including phenoxy) is 1. The second-order valence-electron chi connectivity index (χ2n) is 4.77. The molecule has 20 heavy (non-hydrogen) atoms.